The Hall–Kier alpha value is -3.15. The Morgan fingerprint density at radius 3 is 2.88 bits per heavy atom. The lowest BCUT2D eigenvalue weighted by Crippen LogP contribution is -2.39. The van der Waals surface area contributed by atoms with E-state index >= 15 is 0 Å². The number of rotatable bonds is 3. The van der Waals surface area contributed by atoms with Gasteiger partial charge >= 0.3 is 0 Å². The van der Waals surface area contributed by atoms with Gasteiger partial charge in [-0.25, -0.2) is 4.98 Å². The molecule has 2 N–H and O–H groups in total. The van der Waals surface area contributed by atoms with Crippen molar-refractivity contribution in [1.82, 2.24) is 19.9 Å². The van der Waals surface area contributed by atoms with E-state index in [-0.39, 0.29) is 29.1 Å². The summed E-state index contributed by atoms with van der Waals surface area (Å²) in [6.07, 6.45) is 7.26. The van der Waals surface area contributed by atoms with Crippen LogP contribution in [0.25, 0.3) is 0 Å². The third-order valence-corrected chi connectivity index (χ3v) is 4.98. The van der Waals surface area contributed by atoms with Crippen molar-refractivity contribution >= 4 is 5.91 Å². The van der Waals surface area contributed by atoms with Crippen molar-refractivity contribution in [3.8, 4) is 0 Å². The van der Waals surface area contributed by atoms with Crippen LogP contribution in [0.1, 0.15) is 45.7 Å². The lowest BCUT2D eigenvalue weighted by atomic mass is 9.83. The van der Waals surface area contributed by atoms with Gasteiger partial charge in [-0.3, -0.25) is 9.59 Å². The molecule has 6 heteroatoms. The fraction of sp³-hybridized carbons (Fsp3) is 0.250. The van der Waals surface area contributed by atoms with Gasteiger partial charge in [-0.05, 0) is 43.0 Å². The van der Waals surface area contributed by atoms with E-state index in [9.17, 15) is 9.59 Å². The number of hydrogen-bond acceptors (Lipinski definition) is 3. The molecule has 2 atom stereocenters. The number of aryl methyl sites for hydroxylation is 2. The van der Waals surface area contributed by atoms with Crippen LogP contribution in [0.3, 0.4) is 0 Å². The zero-order valence-electron chi connectivity index (χ0n) is 14.5. The predicted octanol–water partition coefficient (Wildman–Crippen LogP) is 2.54. The maximum absolute atomic E-state index is 12.8. The molecule has 0 unspecified atom stereocenters. The number of pyridine rings is 1. The van der Waals surface area contributed by atoms with Crippen LogP contribution in [-0.4, -0.2) is 20.4 Å². The van der Waals surface area contributed by atoms with Gasteiger partial charge in [-0.1, -0.05) is 24.3 Å². The SMILES string of the molecule is Cc1ccc(C(=O)N[C@H]2c3ccccc3CC[C@H]2n2ccnc2)c(=O)[nH]1. The van der Waals surface area contributed by atoms with Gasteiger partial charge in [0.1, 0.15) is 5.56 Å². The fourth-order valence-electron chi connectivity index (χ4n) is 3.67. The molecule has 4 rings (SSSR count). The molecule has 0 saturated heterocycles. The molecule has 1 aliphatic carbocycles. The van der Waals surface area contributed by atoms with Crippen LogP contribution in [0.2, 0.25) is 0 Å². The second-order valence-corrected chi connectivity index (χ2v) is 6.65. The topological polar surface area (TPSA) is 79.8 Å². The summed E-state index contributed by atoms with van der Waals surface area (Å²) in [4.78, 5) is 31.8. The number of benzene rings is 1. The third kappa shape index (κ3) is 2.94. The molecule has 2 heterocycles. The molecule has 26 heavy (non-hydrogen) atoms. The molecule has 2 aromatic heterocycles. The monoisotopic (exact) mass is 348 g/mol. The highest BCUT2D eigenvalue weighted by atomic mass is 16.2. The molecule has 1 amide bonds. The number of fused-ring (bicyclic) bond motifs is 1. The minimum Gasteiger partial charge on any atom is -0.343 e. The van der Waals surface area contributed by atoms with E-state index in [4.69, 9.17) is 0 Å². The largest absolute Gasteiger partial charge is 0.343 e. The highest BCUT2D eigenvalue weighted by Crippen LogP contribution is 2.37. The van der Waals surface area contributed by atoms with E-state index in [1.807, 2.05) is 29.0 Å². The number of H-pyrrole nitrogens is 1. The first-order valence-electron chi connectivity index (χ1n) is 8.69. The number of nitrogens with one attached hydrogen (secondary N) is 2. The van der Waals surface area contributed by atoms with Crippen LogP contribution in [0, 0.1) is 6.92 Å². The smallest absolute Gasteiger partial charge is 0.260 e. The van der Waals surface area contributed by atoms with Crippen LogP contribution in [0.4, 0.5) is 0 Å². The summed E-state index contributed by atoms with van der Waals surface area (Å²) in [6.45, 7) is 1.79. The fourth-order valence-corrected chi connectivity index (χ4v) is 3.67. The van der Waals surface area contributed by atoms with E-state index < -0.39 is 0 Å². The van der Waals surface area contributed by atoms with Crippen molar-refractivity contribution in [3.63, 3.8) is 0 Å². The zero-order valence-corrected chi connectivity index (χ0v) is 14.5. The Kier molecular flexibility index (Phi) is 4.16. The van der Waals surface area contributed by atoms with E-state index in [1.54, 1.807) is 31.6 Å². The summed E-state index contributed by atoms with van der Waals surface area (Å²) in [7, 11) is 0. The molecule has 0 spiro atoms. The Labute approximate surface area is 150 Å². The Morgan fingerprint density at radius 1 is 1.27 bits per heavy atom. The Morgan fingerprint density at radius 2 is 2.12 bits per heavy atom. The second kappa shape index (κ2) is 6.63. The van der Waals surface area contributed by atoms with Crippen LogP contribution in [-0.2, 0) is 6.42 Å². The summed E-state index contributed by atoms with van der Waals surface area (Å²) in [5.41, 5.74) is 2.81. The average Bonchev–Trinajstić information content (AvgIpc) is 3.16. The highest BCUT2D eigenvalue weighted by molar-refractivity contribution is 5.94. The molecule has 0 aliphatic heterocycles. The summed E-state index contributed by atoms with van der Waals surface area (Å²) < 4.78 is 2.03. The molecule has 0 saturated carbocycles. The van der Waals surface area contributed by atoms with Crippen molar-refractivity contribution in [2.45, 2.75) is 31.8 Å². The van der Waals surface area contributed by atoms with Gasteiger partial charge in [-0.2, -0.15) is 0 Å². The summed E-state index contributed by atoms with van der Waals surface area (Å²) in [5, 5.41) is 3.08. The number of imidazole rings is 1. The maximum atomic E-state index is 12.8. The number of aromatic nitrogens is 3. The molecule has 132 valence electrons. The van der Waals surface area contributed by atoms with Crippen molar-refractivity contribution in [2.75, 3.05) is 0 Å². The Bertz CT molecular complexity index is 991. The molecular weight excluding hydrogens is 328 g/mol. The van der Waals surface area contributed by atoms with E-state index in [0.29, 0.717) is 0 Å². The third-order valence-electron chi connectivity index (χ3n) is 4.98. The summed E-state index contributed by atoms with van der Waals surface area (Å²) >= 11 is 0. The molecule has 0 bridgehead atoms. The molecular formula is C20H20N4O2. The Balaban J connectivity index is 1.70. The van der Waals surface area contributed by atoms with Gasteiger partial charge in [0.25, 0.3) is 11.5 Å². The van der Waals surface area contributed by atoms with Gasteiger partial charge in [0.05, 0.1) is 18.4 Å². The normalized spacial score (nSPS) is 19.0. The summed E-state index contributed by atoms with van der Waals surface area (Å²) in [5.74, 6) is -0.363. The van der Waals surface area contributed by atoms with Crippen molar-refractivity contribution in [1.29, 1.82) is 0 Å². The molecule has 0 fully saturated rings. The first-order chi connectivity index (χ1) is 12.6. The van der Waals surface area contributed by atoms with Gasteiger partial charge < -0.3 is 14.9 Å². The first kappa shape index (κ1) is 16.3. The lowest BCUT2D eigenvalue weighted by molar-refractivity contribution is 0.0916. The average molecular weight is 348 g/mol. The number of carbonyl (C=O) groups is 1. The van der Waals surface area contributed by atoms with Crippen molar-refractivity contribution < 1.29 is 4.79 Å². The zero-order chi connectivity index (χ0) is 18.1. The molecule has 1 aromatic carbocycles. The van der Waals surface area contributed by atoms with E-state index in [1.165, 1.54) is 5.56 Å². The van der Waals surface area contributed by atoms with Crippen molar-refractivity contribution in [3.05, 3.63) is 87.9 Å². The molecule has 0 radical (unpaired) electrons. The van der Waals surface area contributed by atoms with Crippen LogP contribution >= 0.6 is 0 Å². The highest BCUT2D eigenvalue weighted by Gasteiger charge is 2.32. The van der Waals surface area contributed by atoms with Gasteiger partial charge in [0.2, 0.25) is 0 Å². The van der Waals surface area contributed by atoms with Gasteiger partial charge in [0.15, 0.2) is 0 Å². The number of carbonyl (C=O) groups excluding carboxylic acids is 1. The standard InChI is InChI=1S/C20H20N4O2/c1-13-6-8-16(19(25)22-13)20(26)23-18-15-5-3-2-4-14(15)7-9-17(18)24-11-10-21-12-24/h2-6,8,10-12,17-18H,7,9H2,1H3,(H,22,25)(H,23,26)/t17-,18+/m1/s1. The van der Waals surface area contributed by atoms with Crippen LogP contribution in [0.15, 0.2) is 59.9 Å². The minimum atomic E-state index is -0.370. The van der Waals surface area contributed by atoms with Gasteiger partial charge in [0, 0.05) is 18.1 Å². The van der Waals surface area contributed by atoms with E-state index in [0.717, 1.165) is 24.1 Å². The number of amides is 1. The first-order valence-corrected chi connectivity index (χ1v) is 8.69. The van der Waals surface area contributed by atoms with Crippen LogP contribution < -0.4 is 10.9 Å². The molecule has 1 aliphatic rings. The number of nitrogens with zero attached hydrogens (tertiary/aromatic N) is 2. The maximum Gasteiger partial charge on any atom is 0.260 e. The molecule has 6 nitrogen and oxygen atoms in total. The van der Waals surface area contributed by atoms with Gasteiger partial charge in [-0.15, -0.1) is 0 Å². The minimum absolute atomic E-state index is 0.0564. The quantitative estimate of drug-likeness (QED) is 0.763. The van der Waals surface area contributed by atoms with Crippen LogP contribution in [0.5, 0.6) is 0 Å². The lowest BCUT2D eigenvalue weighted by Gasteiger charge is -2.35. The number of hydrogen-bond donors (Lipinski definition) is 2. The van der Waals surface area contributed by atoms with Crippen molar-refractivity contribution in [2.24, 2.45) is 0 Å². The van der Waals surface area contributed by atoms with E-state index in [2.05, 4.69) is 21.4 Å². The predicted molar refractivity (Wildman–Crippen MR) is 98.0 cm³/mol. The summed E-state index contributed by atoms with van der Waals surface area (Å²) in [6, 6.07) is 11.3. The second-order valence-electron chi connectivity index (χ2n) is 6.65. The number of aromatic amines is 1. The molecule has 3 aromatic rings.